The van der Waals surface area contributed by atoms with Gasteiger partial charge >= 0.3 is 6.18 Å². The van der Waals surface area contributed by atoms with E-state index in [0.717, 1.165) is 18.3 Å². The van der Waals surface area contributed by atoms with Crippen molar-refractivity contribution in [3.63, 3.8) is 0 Å². The summed E-state index contributed by atoms with van der Waals surface area (Å²) in [6.07, 6.45) is -3.60. The van der Waals surface area contributed by atoms with Crippen molar-refractivity contribution in [3.05, 3.63) is 36.0 Å². The average molecular weight is 246 g/mol. The van der Waals surface area contributed by atoms with Crippen LogP contribution in [0, 0.1) is 5.82 Å². The molecule has 0 spiro atoms. The largest absolute Gasteiger partial charge is 0.505 e. The number of alkyl halides is 3. The van der Waals surface area contributed by atoms with E-state index in [2.05, 4.69) is 4.98 Å². The van der Waals surface area contributed by atoms with Crippen molar-refractivity contribution in [3.8, 4) is 17.0 Å². The minimum Gasteiger partial charge on any atom is -0.505 e. The van der Waals surface area contributed by atoms with Crippen LogP contribution in [0.1, 0.15) is 5.82 Å². The molecule has 0 aliphatic heterocycles. The number of aromatic nitrogens is 2. The number of aromatic amines is 1. The lowest BCUT2D eigenvalue weighted by molar-refractivity contribution is -0.144. The normalized spacial score (nSPS) is 11.8. The number of rotatable bonds is 1. The van der Waals surface area contributed by atoms with Crippen molar-refractivity contribution in [2.24, 2.45) is 0 Å². The first kappa shape index (κ1) is 11.4. The number of nitrogens with one attached hydrogen (secondary N) is 1. The number of halogens is 4. The van der Waals surface area contributed by atoms with Crippen molar-refractivity contribution >= 4 is 0 Å². The summed E-state index contributed by atoms with van der Waals surface area (Å²) in [7, 11) is 0. The molecule has 0 fully saturated rings. The summed E-state index contributed by atoms with van der Waals surface area (Å²) in [4.78, 5) is 5.21. The van der Waals surface area contributed by atoms with Gasteiger partial charge in [-0.25, -0.2) is 9.37 Å². The predicted molar refractivity (Wildman–Crippen MR) is 50.6 cm³/mol. The molecule has 0 aliphatic rings. The number of hydrogen-bond donors (Lipinski definition) is 2. The molecule has 2 aromatic rings. The number of nitrogens with zero attached hydrogens (tertiary/aromatic N) is 1. The third kappa shape index (κ3) is 2.22. The molecule has 1 aromatic heterocycles. The lowest BCUT2D eigenvalue weighted by Gasteiger charge is -2.02. The molecule has 0 atom stereocenters. The molecule has 1 heterocycles. The van der Waals surface area contributed by atoms with E-state index in [4.69, 9.17) is 5.11 Å². The summed E-state index contributed by atoms with van der Waals surface area (Å²) in [5.74, 6) is -2.62. The Labute approximate surface area is 92.7 Å². The highest BCUT2D eigenvalue weighted by Crippen LogP contribution is 2.30. The number of phenolic OH excluding ortho intramolecular Hbond substituents is 1. The van der Waals surface area contributed by atoms with Gasteiger partial charge in [0.1, 0.15) is 0 Å². The maximum absolute atomic E-state index is 12.8. The van der Waals surface area contributed by atoms with Gasteiger partial charge in [0.2, 0.25) is 5.82 Å². The summed E-state index contributed by atoms with van der Waals surface area (Å²) in [5, 5.41) is 9.10. The first-order valence-corrected chi connectivity index (χ1v) is 4.49. The molecule has 0 radical (unpaired) electrons. The molecule has 2 N–H and O–H groups in total. The van der Waals surface area contributed by atoms with Gasteiger partial charge in [0, 0.05) is 5.56 Å². The maximum Gasteiger partial charge on any atom is 0.449 e. The molecule has 90 valence electrons. The summed E-state index contributed by atoms with van der Waals surface area (Å²) in [5.41, 5.74) is 0.263. The Bertz CT molecular complexity index is 547. The summed E-state index contributed by atoms with van der Waals surface area (Å²) in [6, 6.07) is 3.21. The molecule has 1 aromatic carbocycles. The van der Waals surface area contributed by atoms with Crippen molar-refractivity contribution in [1.29, 1.82) is 0 Å². The number of phenols is 1. The molecule has 7 heteroatoms. The zero-order valence-electron chi connectivity index (χ0n) is 8.22. The molecule has 0 unspecified atom stereocenters. The van der Waals surface area contributed by atoms with Gasteiger partial charge in [0.15, 0.2) is 11.6 Å². The molecule has 0 amide bonds. The van der Waals surface area contributed by atoms with Crippen molar-refractivity contribution in [1.82, 2.24) is 9.97 Å². The second-order valence-corrected chi connectivity index (χ2v) is 3.31. The highest BCUT2D eigenvalue weighted by molar-refractivity contribution is 5.60. The predicted octanol–water partition coefficient (Wildman–Crippen LogP) is 2.94. The molecule has 3 nitrogen and oxygen atoms in total. The van der Waals surface area contributed by atoms with Crippen LogP contribution in [0.5, 0.6) is 5.75 Å². The maximum atomic E-state index is 12.8. The van der Waals surface area contributed by atoms with Gasteiger partial charge in [-0.15, -0.1) is 0 Å². The van der Waals surface area contributed by atoms with Crippen molar-refractivity contribution < 1.29 is 22.7 Å². The standard InChI is InChI=1S/C10H6F4N2O/c11-6-2-1-5(3-8(6)17)7-4-15-9(16-7)10(12,13)14/h1-4,17H,(H,15,16). The van der Waals surface area contributed by atoms with Gasteiger partial charge in [-0.3, -0.25) is 0 Å². The Morgan fingerprint density at radius 2 is 1.94 bits per heavy atom. The van der Waals surface area contributed by atoms with Crippen LogP contribution in [-0.4, -0.2) is 15.1 Å². The van der Waals surface area contributed by atoms with Crippen LogP contribution >= 0.6 is 0 Å². The fraction of sp³-hybridized carbons (Fsp3) is 0.100. The third-order valence-corrected chi connectivity index (χ3v) is 2.10. The summed E-state index contributed by atoms with van der Waals surface area (Å²) >= 11 is 0. The number of H-pyrrole nitrogens is 1. The second-order valence-electron chi connectivity index (χ2n) is 3.31. The van der Waals surface area contributed by atoms with Crippen LogP contribution in [0.4, 0.5) is 17.6 Å². The number of imidazole rings is 1. The fourth-order valence-corrected chi connectivity index (χ4v) is 1.29. The highest BCUT2D eigenvalue weighted by atomic mass is 19.4. The molecule has 0 saturated heterocycles. The average Bonchev–Trinajstić information content (AvgIpc) is 2.70. The van der Waals surface area contributed by atoms with Crippen molar-refractivity contribution in [2.45, 2.75) is 6.18 Å². The first-order chi connectivity index (χ1) is 7.88. The first-order valence-electron chi connectivity index (χ1n) is 4.49. The fourth-order valence-electron chi connectivity index (χ4n) is 1.29. The Balaban J connectivity index is 2.40. The smallest absolute Gasteiger partial charge is 0.449 e. The van der Waals surface area contributed by atoms with Crippen LogP contribution < -0.4 is 0 Å². The van der Waals surface area contributed by atoms with Crippen LogP contribution in [0.25, 0.3) is 11.3 Å². The Hall–Kier alpha value is -2.05. The van der Waals surface area contributed by atoms with E-state index in [-0.39, 0.29) is 11.3 Å². The van der Waals surface area contributed by atoms with Gasteiger partial charge in [0.05, 0.1) is 11.9 Å². The minimum atomic E-state index is -4.57. The van der Waals surface area contributed by atoms with Gasteiger partial charge < -0.3 is 10.1 Å². The van der Waals surface area contributed by atoms with Gasteiger partial charge in [-0.1, -0.05) is 0 Å². The molecule has 0 aliphatic carbocycles. The quantitative estimate of drug-likeness (QED) is 0.760. The van der Waals surface area contributed by atoms with E-state index in [0.29, 0.717) is 0 Å². The second kappa shape index (κ2) is 3.76. The molecule has 0 bridgehead atoms. The molecular weight excluding hydrogens is 240 g/mol. The third-order valence-electron chi connectivity index (χ3n) is 2.10. The van der Waals surface area contributed by atoms with Gasteiger partial charge in [-0.2, -0.15) is 13.2 Å². The Morgan fingerprint density at radius 3 is 2.47 bits per heavy atom. The monoisotopic (exact) mass is 246 g/mol. The van der Waals surface area contributed by atoms with Crippen LogP contribution in [0.15, 0.2) is 24.4 Å². The van der Waals surface area contributed by atoms with Gasteiger partial charge in [-0.05, 0) is 18.2 Å². The Morgan fingerprint density at radius 1 is 1.24 bits per heavy atom. The lowest BCUT2D eigenvalue weighted by Crippen LogP contribution is -2.07. The topological polar surface area (TPSA) is 48.9 Å². The molecule has 17 heavy (non-hydrogen) atoms. The SMILES string of the molecule is Oc1cc(-c2cnc(C(F)(F)F)[nH]2)ccc1F. The van der Waals surface area contributed by atoms with Crippen LogP contribution in [0.3, 0.4) is 0 Å². The van der Waals surface area contributed by atoms with E-state index in [1.54, 1.807) is 0 Å². The molecule has 2 rings (SSSR count). The lowest BCUT2D eigenvalue weighted by atomic mass is 10.1. The minimum absolute atomic E-state index is 0.0487. The van der Waals surface area contributed by atoms with Crippen LogP contribution in [0.2, 0.25) is 0 Å². The Kier molecular flexibility index (Phi) is 2.53. The van der Waals surface area contributed by atoms with E-state index in [1.807, 2.05) is 4.98 Å². The summed E-state index contributed by atoms with van der Waals surface area (Å²) < 4.78 is 49.5. The number of benzene rings is 1. The van der Waals surface area contributed by atoms with E-state index in [9.17, 15) is 17.6 Å². The van der Waals surface area contributed by atoms with E-state index >= 15 is 0 Å². The van der Waals surface area contributed by atoms with Gasteiger partial charge in [0.25, 0.3) is 0 Å². The van der Waals surface area contributed by atoms with Crippen molar-refractivity contribution in [2.75, 3.05) is 0 Å². The summed E-state index contributed by atoms with van der Waals surface area (Å²) in [6.45, 7) is 0. The zero-order chi connectivity index (χ0) is 12.6. The number of aromatic hydroxyl groups is 1. The van der Waals surface area contributed by atoms with E-state index in [1.165, 1.54) is 6.07 Å². The zero-order valence-corrected chi connectivity index (χ0v) is 8.22. The molecule has 0 saturated carbocycles. The van der Waals surface area contributed by atoms with Crippen LogP contribution in [-0.2, 0) is 6.18 Å². The highest BCUT2D eigenvalue weighted by Gasteiger charge is 2.34. The molecular formula is C10H6F4N2O. The van der Waals surface area contributed by atoms with E-state index < -0.39 is 23.6 Å². The number of hydrogen-bond acceptors (Lipinski definition) is 2.